The van der Waals surface area contributed by atoms with Gasteiger partial charge in [0, 0.05) is 19.9 Å². The van der Waals surface area contributed by atoms with E-state index in [9.17, 15) is 14.7 Å². The van der Waals surface area contributed by atoms with Gasteiger partial charge in [-0.05, 0) is 26.2 Å². The van der Waals surface area contributed by atoms with Gasteiger partial charge in [-0.1, -0.05) is 13.3 Å². The lowest BCUT2D eigenvalue weighted by Gasteiger charge is -2.25. The molecule has 1 atom stereocenters. The third-order valence-corrected chi connectivity index (χ3v) is 2.56. The summed E-state index contributed by atoms with van der Waals surface area (Å²) in [6.45, 7) is 5.47. The fraction of sp³-hybridized carbons (Fsp3) is 0.833. The largest absolute Gasteiger partial charge is 0.374 e. The number of aliphatic hydroxyl groups excluding tert-OH is 1. The number of ketones is 1. The average Bonchev–Trinajstić information content (AvgIpc) is 2.21. The smallest absolute Gasteiger partial charge is 0.221 e. The first-order chi connectivity index (χ1) is 7.49. The summed E-state index contributed by atoms with van der Waals surface area (Å²) in [5.41, 5.74) is 0. The minimum absolute atomic E-state index is 0.0964. The van der Waals surface area contributed by atoms with Crippen molar-refractivity contribution in [2.75, 3.05) is 6.54 Å². The highest BCUT2D eigenvalue weighted by atomic mass is 16.3. The van der Waals surface area contributed by atoms with Gasteiger partial charge in [-0.15, -0.1) is 0 Å². The zero-order valence-electron chi connectivity index (χ0n) is 10.5. The maximum Gasteiger partial charge on any atom is 0.221 e. The van der Waals surface area contributed by atoms with Gasteiger partial charge in [0.05, 0.1) is 0 Å². The van der Waals surface area contributed by atoms with E-state index in [4.69, 9.17) is 0 Å². The van der Waals surface area contributed by atoms with Gasteiger partial charge in [-0.25, -0.2) is 0 Å². The van der Waals surface area contributed by atoms with E-state index in [-0.39, 0.29) is 11.7 Å². The van der Waals surface area contributed by atoms with Crippen molar-refractivity contribution in [3.63, 3.8) is 0 Å². The van der Waals surface area contributed by atoms with E-state index in [0.717, 1.165) is 19.3 Å². The molecule has 0 fully saturated rings. The molecule has 0 saturated carbocycles. The van der Waals surface area contributed by atoms with Gasteiger partial charge < -0.3 is 14.8 Å². The molecule has 0 radical (unpaired) electrons. The van der Waals surface area contributed by atoms with E-state index in [1.54, 1.807) is 6.92 Å². The van der Waals surface area contributed by atoms with Crippen LogP contribution in [0.1, 0.15) is 52.9 Å². The number of aliphatic hydroxyl groups is 1. The summed E-state index contributed by atoms with van der Waals surface area (Å²) in [6, 6.07) is 0. The van der Waals surface area contributed by atoms with Gasteiger partial charge in [0.1, 0.15) is 12.0 Å². The van der Waals surface area contributed by atoms with Crippen LogP contribution in [0.2, 0.25) is 0 Å². The third-order valence-electron chi connectivity index (χ3n) is 2.56. The van der Waals surface area contributed by atoms with Gasteiger partial charge >= 0.3 is 0 Å². The van der Waals surface area contributed by atoms with Crippen LogP contribution in [0.3, 0.4) is 0 Å². The summed E-state index contributed by atoms with van der Waals surface area (Å²) in [5.74, 6) is 0.109. The van der Waals surface area contributed by atoms with Crippen molar-refractivity contribution in [3.8, 4) is 0 Å². The lowest BCUT2D eigenvalue weighted by Crippen LogP contribution is -2.39. The van der Waals surface area contributed by atoms with Crippen molar-refractivity contribution in [1.82, 2.24) is 4.90 Å². The summed E-state index contributed by atoms with van der Waals surface area (Å²) in [6.07, 6.45) is 3.10. The van der Waals surface area contributed by atoms with Crippen molar-refractivity contribution in [2.45, 2.75) is 59.1 Å². The molecule has 4 nitrogen and oxygen atoms in total. The highest BCUT2D eigenvalue weighted by Gasteiger charge is 2.15. The number of amides is 1. The zero-order valence-corrected chi connectivity index (χ0v) is 10.5. The van der Waals surface area contributed by atoms with Crippen LogP contribution in [0.15, 0.2) is 0 Å². The third kappa shape index (κ3) is 6.56. The van der Waals surface area contributed by atoms with Crippen molar-refractivity contribution >= 4 is 11.7 Å². The maximum absolute atomic E-state index is 11.2. The zero-order chi connectivity index (χ0) is 12.6. The Morgan fingerprint density at radius 2 is 1.81 bits per heavy atom. The Morgan fingerprint density at radius 3 is 2.25 bits per heavy atom. The summed E-state index contributed by atoms with van der Waals surface area (Å²) >= 11 is 0. The maximum atomic E-state index is 11.2. The van der Waals surface area contributed by atoms with Crippen LogP contribution in [0.4, 0.5) is 0 Å². The van der Waals surface area contributed by atoms with Crippen LogP contribution in [-0.2, 0) is 9.59 Å². The number of carbonyl (C=O) groups excluding carboxylic acids is 2. The average molecular weight is 229 g/mol. The van der Waals surface area contributed by atoms with Gasteiger partial charge in [0.15, 0.2) is 0 Å². The molecule has 94 valence electrons. The van der Waals surface area contributed by atoms with Crippen LogP contribution in [0.25, 0.3) is 0 Å². The number of unbranched alkanes of at least 4 members (excludes halogenated alkanes) is 2. The molecule has 0 aromatic rings. The quantitative estimate of drug-likeness (QED) is 0.509. The number of nitrogens with zero attached hydrogens (tertiary/aromatic N) is 1. The van der Waals surface area contributed by atoms with Crippen molar-refractivity contribution < 1.29 is 14.7 Å². The molecule has 0 aliphatic carbocycles. The first-order valence-electron chi connectivity index (χ1n) is 5.93. The molecular formula is C12H23NO3. The second-order valence-electron chi connectivity index (χ2n) is 4.11. The number of Topliss-reactive ketones (excluding diaryl/α,β-unsaturated/α-hetero) is 1. The van der Waals surface area contributed by atoms with E-state index in [2.05, 4.69) is 0 Å². The highest BCUT2D eigenvalue weighted by molar-refractivity contribution is 5.75. The molecule has 0 heterocycles. The van der Waals surface area contributed by atoms with Gasteiger partial charge in [-0.2, -0.15) is 0 Å². The van der Waals surface area contributed by atoms with Crippen LogP contribution in [0, 0.1) is 0 Å². The summed E-state index contributed by atoms with van der Waals surface area (Å²) in [7, 11) is 0. The highest BCUT2D eigenvalue weighted by Crippen LogP contribution is 2.06. The van der Waals surface area contributed by atoms with Gasteiger partial charge in [0.25, 0.3) is 0 Å². The van der Waals surface area contributed by atoms with E-state index in [0.29, 0.717) is 19.4 Å². The molecule has 0 aliphatic heterocycles. The van der Waals surface area contributed by atoms with Crippen molar-refractivity contribution in [3.05, 3.63) is 0 Å². The topological polar surface area (TPSA) is 57.6 Å². The van der Waals surface area contributed by atoms with Crippen LogP contribution in [0.5, 0.6) is 0 Å². The Kier molecular flexibility index (Phi) is 7.81. The van der Waals surface area contributed by atoms with E-state index in [1.165, 1.54) is 11.8 Å². The molecule has 0 bridgehead atoms. The first kappa shape index (κ1) is 15.1. The van der Waals surface area contributed by atoms with E-state index in [1.807, 2.05) is 6.92 Å². The minimum Gasteiger partial charge on any atom is -0.374 e. The fourth-order valence-electron chi connectivity index (χ4n) is 1.57. The first-order valence-corrected chi connectivity index (χ1v) is 5.93. The van der Waals surface area contributed by atoms with Crippen molar-refractivity contribution in [1.29, 1.82) is 0 Å². The van der Waals surface area contributed by atoms with Gasteiger partial charge in [0.2, 0.25) is 5.91 Å². The predicted octanol–water partition coefficient (Wildman–Crippen LogP) is 1.71. The van der Waals surface area contributed by atoms with Crippen LogP contribution in [-0.4, -0.2) is 34.5 Å². The number of rotatable bonds is 8. The molecule has 0 aromatic heterocycles. The molecule has 1 amide bonds. The number of carbonyl (C=O) groups is 2. The lowest BCUT2D eigenvalue weighted by atomic mass is 10.1. The monoisotopic (exact) mass is 229 g/mol. The molecule has 0 saturated heterocycles. The van der Waals surface area contributed by atoms with E-state index >= 15 is 0 Å². The molecule has 1 N–H and O–H groups in total. The van der Waals surface area contributed by atoms with Gasteiger partial charge in [-0.3, -0.25) is 4.79 Å². The predicted molar refractivity (Wildman–Crippen MR) is 62.8 cm³/mol. The molecule has 0 aromatic carbocycles. The summed E-state index contributed by atoms with van der Waals surface area (Å²) in [5, 5.41) is 9.58. The Bertz CT molecular complexity index is 228. The number of hydrogen-bond donors (Lipinski definition) is 1. The molecule has 0 aliphatic rings. The Hall–Kier alpha value is -0.900. The Labute approximate surface area is 97.6 Å². The molecule has 16 heavy (non-hydrogen) atoms. The summed E-state index contributed by atoms with van der Waals surface area (Å²) in [4.78, 5) is 23.4. The van der Waals surface area contributed by atoms with Crippen LogP contribution >= 0.6 is 0 Å². The Morgan fingerprint density at radius 1 is 1.19 bits per heavy atom. The second kappa shape index (κ2) is 8.28. The fourth-order valence-corrected chi connectivity index (χ4v) is 1.57. The number of hydrogen-bond acceptors (Lipinski definition) is 3. The minimum atomic E-state index is -0.676. The lowest BCUT2D eigenvalue weighted by molar-refractivity contribution is -0.139. The SMILES string of the molecule is CCC(O)N(CCCCCC(C)=O)C(C)=O. The normalized spacial score (nSPS) is 12.2. The van der Waals surface area contributed by atoms with Crippen molar-refractivity contribution in [2.24, 2.45) is 0 Å². The molecular weight excluding hydrogens is 206 g/mol. The molecule has 1 unspecified atom stereocenters. The molecule has 4 heteroatoms. The Balaban J connectivity index is 3.77. The molecule has 0 spiro atoms. The second-order valence-corrected chi connectivity index (χ2v) is 4.11. The van der Waals surface area contributed by atoms with E-state index < -0.39 is 6.23 Å². The standard InChI is InChI=1S/C12H23NO3/c1-4-12(16)13(11(3)15)9-7-5-6-8-10(2)14/h12,16H,4-9H2,1-3H3. The molecule has 0 rings (SSSR count). The van der Waals surface area contributed by atoms with Crippen LogP contribution < -0.4 is 0 Å². The summed E-state index contributed by atoms with van der Waals surface area (Å²) < 4.78 is 0.